The first-order valence-corrected chi connectivity index (χ1v) is 18.9. The lowest BCUT2D eigenvalue weighted by molar-refractivity contribution is -0.144. The second kappa shape index (κ2) is 16.3. The molecule has 52 heavy (non-hydrogen) atoms. The molecule has 0 spiro atoms. The maximum Gasteiger partial charge on any atom is 0.417 e. The lowest BCUT2D eigenvalue weighted by Gasteiger charge is -2.49. The zero-order chi connectivity index (χ0) is 36.9. The van der Waals surface area contributed by atoms with E-state index in [1.54, 1.807) is 12.0 Å². The molecule has 2 aliphatic heterocycles. The first-order chi connectivity index (χ1) is 24.9. The Labute approximate surface area is 309 Å². The van der Waals surface area contributed by atoms with E-state index in [0.29, 0.717) is 43.9 Å². The molecular formula is C41H50F3N4O3Si. The molecule has 0 bridgehead atoms. The molecule has 277 valence electrons. The Morgan fingerprint density at radius 2 is 1.73 bits per heavy atom. The van der Waals surface area contributed by atoms with Gasteiger partial charge in [0.15, 0.2) is 0 Å². The third kappa shape index (κ3) is 8.55. The molecule has 0 N–H and O–H groups in total. The number of pyridine rings is 1. The van der Waals surface area contributed by atoms with Crippen molar-refractivity contribution in [1.82, 2.24) is 19.7 Å². The first-order valence-electron chi connectivity index (χ1n) is 18.4. The fourth-order valence-electron chi connectivity index (χ4n) is 8.19. The van der Waals surface area contributed by atoms with Gasteiger partial charge in [-0.3, -0.25) is 19.6 Å². The van der Waals surface area contributed by atoms with Gasteiger partial charge < -0.3 is 14.4 Å². The van der Waals surface area contributed by atoms with E-state index in [1.807, 2.05) is 12.1 Å². The summed E-state index contributed by atoms with van der Waals surface area (Å²) in [5.74, 6) is -0.119. The van der Waals surface area contributed by atoms with Gasteiger partial charge in [0.05, 0.1) is 33.9 Å². The molecule has 4 atom stereocenters. The molecule has 3 heterocycles. The third-order valence-electron chi connectivity index (χ3n) is 11.2. The van der Waals surface area contributed by atoms with Crippen LogP contribution in [0.15, 0.2) is 85.1 Å². The Hall–Kier alpha value is -3.35. The third-order valence-corrected chi connectivity index (χ3v) is 11.8. The maximum atomic E-state index is 14.7. The number of aromatic nitrogens is 1. The summed E-state index contributed by atoms with van der Waals surface area (Å²) in [6.45, 7) is 9.03. The van der Waals surface area contributed by atoms with Crippen molar-refractivity contribution in [1.29, 1.82) is 0 Å². The van der Waals surface area contributed by atoms with Gasteiger partial charge in [-0.15, -0.1) is 0 Å². The van der Waals surface area contributed by atoms with Gasteiger partial charge in [0.25, 0.3) is 0 Å². The van der Waals surface area contributed by atoms with Gasteiger partial charge in [0, 0.05) is 82.5 Å². The summed E-state index contributed by atoms with van der Waals surface area (Å²) in [4.78, 5) is 25.5. The molecule has 3 aromatic rings. The van der Waals surface area contributed by atoms with Gasteiger partial charge in [-0.05, 0) is 47.9 Å². The van der Waals surface area contributed by atoms with Gasteiger partial charge >= 0.3 is 6.18 Å². The summed E-state index contributed by atoms with van der Waals surface area (Å²) < 4.78 is 52.5. The summed E-state index contributed by atoms with van der Waals surface area (Å²) in [6, 6.07) is 22.3. The lowest BCUT2D eigenvalue weighted by Crippen LogP contribution is -2.61. The van der Waals surface area contributed by atoms with Crippen LogP contribution in [0.2, 0.25) is 0 Å². The highest BCUT2D eigenvalue weighted by Gasteiger charge is 2.53. The predicted octanol–water partition coefficient (Wildman–Crippen LogP) is 6.65. The van der Waals surface area contributed by atoms with Gasteiger partial charge in [-0.25, -0.2) is 0 Å². The van der Waals surface area contributed by atoms with Crippen molar-refractivity contribution in [2.75, 3.05) is 40.0 Å². The minimum Gasteiger partial charge on any atom is -0.379 e. The van der Waals surface area contributed by atoms with Crippen molar-refractivity contribution in [2.45, 2.75) is 82.6 Å². The van der Waals surface area contributed by atoms with E-state index in [2.05, 4.69) is 99.6 Å². The molecule has 3 radical (unpaired) electrons. The number of halogens is 3. The van der Waals surface area contributed by atoms with Gasteiger partial charge in [-0.1, -0.05) is 86.7 Å². The molecule has 1 aromatic heterocycles. The molecule has 1 amide bonds. The molecule has 1 aliphatic carbocycles. The highest BCUT2D eigenvalue weighted by atomic mass is 28.1. The predicted molar refractivity (Wildman–Crippen MR) is 196 cm³/mol. The summed E-state index contributed by atoms with van der Waals surface area (Å²) in [5, 5.41) is -0.652. The zero-order valence-corrected chi connectivity index (χ0v) is 31.4. The molecule has 7 nitrogen and oxygen atoms in total. The van der Waals surface area contributed by atoms with Crippen LogP contribution in [-0.4, -0.2) is 93.1 Å². The topological polar surface area (TPSA) is 58.1 Å². The number of fused-ring (bicyclic) bond motifs is 1. The van der Waals surface area contributed by atoms with Crippen LogP contribution in [0, 0.1) is 11.3 Å². The van der Waals surface area contributed by atoms with E-state index in [-0.39, 0.29) is 30.5 Å². The normalized spacial score (nSPS) is 24.9. The Balaban J connectivity index is 1.23. The maximum absolute atomic E-state index is 14.7. The second-order valence-corrected chi connectivity index (χ2v) is 15.7. The van der Waals surface area contributed by atoms with Crippen LogP contribution in [0.3, 0.4) is 0 Å². The number of nitrogens with zero attached hydrogens (tertiary/aromatic N) is 4. The minimum atomic E-state index is -4.50. The molecule has 2 aromatic carbocycles. The number of rotatable bonds is 13. The number of hydrogen-bond acceptors (Lipinski definition) is 6. The van der Waals surface area contributed by atoms with E-state index in [0.717, 1.165) is 51.3 Å². The van der Waals surface area contributed by atoms with E-state index in [1.165, 1.54) is 11.1 Å². The zero-order valence-electron chi connectivity index (χ0n) is 30.4. The average Bonchev–Trinajstić information content (AvgIpc) is 3.52. The Bertz CT molecular complexity index is 1640. The van der Waals surface area contributed by atoms with Crippen LogP contribution < -0.4 is 0 Å². The van der Waals surface area contributed by atoms with Crippen molar-refractivity contribution in [2.24, 2.45) is 11.3 Å². The Morgan fingerprint density at radius 3 is 2.35 bits per heavy atom. The molecule has 11 heteroatoms. The Kier molecular flexibility index (Phi) is 12.1. The summed E-state index contributed by atoms with van der Waals surface area (Å²) in [6.07, 6.45) is 3.03. The Morgan fingerprint density at radius 1 is 1.06 bits per heavy atom. The number of hydrogen-bond donors (Lipinski definition) is 0. The molecule has 3 aliphatic rings. The van der Waals surface area contributed by atoms with Crippen LogP contribution in [-0.2, 0) is 46.5 Å². The van der Waals surface area contributed by atoms with Crippen LogP contribution >= 0.6 is 0 Å². The highest BCUT2D eigenvalue weighted by molar-refractivity contribution is 6.17. The van der Waals surface area contributed by atoms with Crippen molar-refractivity contribution >= 4 is 16.1 Å². The highest BCUT2D eigenvalue weighted by Crippen LogP contribution is 2.48. The van der Waals surface area contributed by atoms with Crippen molar-refractivity contribution in [3.63, 3.8) is 0 Å². The number of carbonyl (C=O) groups excluding carboxylic acids is 1. The van der Waals surface area contributed by atoms with Gasteiger partial charge in [-0.2, -0.15) is 13.2 Å². The number of alkyl halides is 3. The number of ether oxygens (including phenoxy) is 2. The lowest BCUT2D eigenvalue weighted by atomic mass is 9.74. The van der Waals surface area contributed by atoms with Gasteiger partial charge in [0.2, 0.25) is 5.91 Å². The minimum absolute atomic E-state index is 0.0457. The largest absolute Gasteiger partial charge is 0.417 e. The number of benzene rings is 2. The number of carbonyl (C=O) groups is 1. The van der Waals surface area contributed by atoms with Crippen LogP contribution in [0.25, 0.3) is 0 Å². The van der Waals surface area contributed by atoms with Crippen LogP contribution in [0.5, 0.6) is 0 Å². The van der Waals surface area contributed by atoms with E-state index < -0.39 is 22.3 Å². The SMILES string of the molecule is CO[C@@H]1COCC[C@@H]1N(CCCN(Cc1ccccc1)Cc1ccccc1)[C@@]1([Si])C=C[C@@](C(=O)N2CCc3ncc(C(F)(F)F)cc3C2)(C(C)C)C1. The quantitative estimate of drug-likeness (QED) is 0.145. The van der Waals surface area contributed by atoms with Crippen molar-refractivity contribution in [3.8, 4) is 0 Å². The van der Waals surface area contributed by atoms with Crippen LogP contribution in [0.1, 0.15) is 61.1 Å². The van der Waals surface area contributed by atoms with E-state index in [9.17, 15) is 18.0 Å². The first kappa shape index (κ1) is 38.4. The standard InChI is InChI=1S/C41H50F3N4O3Si/c1-30(2)39(38(49)47-21-15-35-33(27-47)23-34(24-45-35)41(42,43)44)17-18-40(52,29-39)48(36-16-22-51-28-37(36)50-3)20-10-19-46(25-31-11-6-4-7-12-31)26-32-13-8-5-9-14-32/h4-9,11-14,17-18,23-24,30,36-37H,10,15-16,19-22,25-29H2,1-3H3/t36-,37+,39-,40+/m0/s1. The monoisotopic (exact) mass is 731 g/mol. The second-order valence-electron chi connectivity index (χ2n) is 14.9. The summed E-state index contributed by atoms with van der Waals surface area (Å²) in [5.41, 5.74) is 1.97. The smallest absolute Gasteiger partial charge is 0.379 e. The fraction of sp³-hybridized carbons (Fsp3) is 0.512. The molecule has 6 rings (SSSR count). The fourth-order valence-corrected chi connectivity index (χ4v) is 8.85. The summed E-state index contributed by atoms with van der Waals surface area (Å²) in [7, 11) is 6.00. The molecular weight excluding hydrogens is 682 g/mol. The molecule has 0 unspecified atom stereocenters. The van der Waals surface area contributed by atoms with E-state index >= 15 is 0 Å². The number of methoxy groups -OCH3 is 1. The molecule has 1 fully saturated rings. The van der Waals surface area contributed by atoms with Crippen molar-refractivity contribution in [3.05, 3.63) is 113 Å². The van der Waals surface area contributed by atoms with Gasteiger partial charge in [0.1, 0.15) is 0 Å². The summed E-state index contributed by atoms with van der Waals surface area (Å²) >= 11 is 0. The molecule has 1 saturated heterocycles. The number of amides is 1. The molecule has 0 saturated carbocycles. The van der Waals surface area contributed by atoms with Crippen molar-refractivity contribution < 1.29 is 27.4 Å². The average molecular weight is 732 g/mol. The van der Waals surface area contributed by atoms with Crippen LogP contribution in [0.4, 0.5) is 13.2 Å². The van der Waals surface area contributed by atoms with E-state index in [4.69, 9.17) is 9.47 Å².